The molecule has 0 saturated heterocycles. The lowest BCUT2D eigenvalue weighted by Crippen LogP contribution is -2.49. The third-order valence-corrected chi connectivity index (χ3v) is 3.30. The molecule has 1 N–H and O–H groups in total. The normalized spacial score (nSPS) is 25.7. The lowest BCUT2D eigenvalue weighted by atomic mass is 9.90. The number of carbonyl (C=O) groups is 1. The van der Waals surface area contributed by atoms with Crippen LogP contribution in [0.4, 0.5) is 4.79 Å². The van der Waals surface area contributed by atoms with Crippen molar-refractivity contribution in [2.45, 2.75) is 64.1 Å². The van der Waals surface area contributed by atoms with Gasteiger partial charge in [-0.15, -0.1) is 0 Å². The summed E-state index contributed by atoms with van der Waals surface area (Å²) in [5.74, 6) is 0. The summed E-state index contributed by atoms with van der Waals surface area (Å²) in [5, 5.41) is 14.7. The molecule has 0 radical (unpaired) electrons. The number of amides is 1. The number of hydroxylamine groups is 3. The van der Waals surface area contributed by atoms with Crippen molar-refractivity contribution < 1.29 is 15.6 Å². The van der Waals surface area contributed by atoms with Crippen molar-refractivity contribution in [2.75, 3.05) is 14.1 Å². The van der Waals surface area contributed by atoms with E-state index in [1.165, 1.54) is 0 Å². The van der Waals surface area contributed by atoms with Crippen LogP contribution in [0.2, 0.25) is 0 Å². The molecule has 0 bridgehead atoms. The molecule has 1 aliphatic rings. The van der Waals surface area contributed by atoms with Gasteiger partial charge in [-0.1, -0.05) is 0 Å². The molecule has 5 nitrogen and oxygen atoms in total. The van der Waals surface area contributed by atoms with Gasteiger partial charge in [0, 0.05) is 20.3 Å². The van der Waals surface area contributed by atoms with Crippen molar-refractivity contribution in [3.8, 4) is 0 Å². The topological polar surface area (TPSA) is 61.4 Å². The Balaban J connectivity index is 0.00000324. The molecule has 0 aromatic carbocycles. The van der Waals surface area contributed by atoms with Gasteiger partial charge in [-0.25, -0.2) is 4.79 Å². The van der Waals surface area contributed by atoms with Crippen LogP contribution >= 0.6 is 0 Å². The lowest BCUT2D eigenvalue weighted by Gasteiger charge is -2.45. The van der Waals surface area contributed by atoms with E-state index in [9.17, 15) is 10.0 Å². The molecule has 1 fully saturated rings. The molecule has 18 heavy (non-hydrogen) atoms. The number of hydrogen-bond donors (Lipinski definition) is 1. The summed E-state index contributed by atoms with van der Waals surface area (Å²) in [7, 11) is 3.37. The summed E-state index contributed by atoms with van der Waals surface area (Å²) in [5.41, 5.74) is -0.463. The van der Waals surface area contributed by atoms with E-state index in [0.717, 1.165) is 25.7 Å². The molecular weight excluding hydrogens is 232 g/mol. The van der Waals surface area contributed by atoms with Crippen molar-refractivity contribution in [2.24, 2.45) is 0 Å². The van der Waals surface area contributed by atoms with Crippen molar-refractivity contribution in [3.05, 3.63) is 5.21 Å². The van der Waals surface area contributed by atoms with Gasteiger partial charge >= 0.3 is 6.09 Å². The Bertz CT molecular complexity index is 289. The highest BCUT2D eigenvalue weighted by molar-refractivity contribution is 5.68. The van der Waals surface area contributed by atoms with Crippen LogP contribution in [-0.4, -0.2) is 42.5 Å². The molecule has 0 spiro atoms. The van der Waals surface area contributed by atoms with Crippen LogP contribution in [0.5, 0.6) is 0 Å². The summed E-state index contributed by atoms with van der Waals surface area (Å²) in [6.07, 6.45) is 3.07. The number of alkyl carbamates (subject to hydrolysis) is 1. The van der Waals surface area contributed by atoms with E-state index in [-0.39, 0.29) is 24.2 Å². The van der Waals surface area contributed by atoms with Gasteiger partial charge in [0.05, 0.1) is 20.1 Å². The number of ether oxygens (including phenoxy) is 1. The Morgan fingerprint density at radius 1 is 1.28 bits per heavy atom. The van der Waals surface area contributed by atoms with Gasteiger partial charge in [0.1, 0.15) is 5.60 Å². The standard InChI is InChI=1S/C13H26N2O3.H2/c1-13(2,3)18-12(16)14-10-6-8-11(9-7-10)15(4,5)17;/h10-11H,6-9H2,1-5H3,(H,14,16);1H. The molecule has 0 atom stereocenters. The minimum Gasteiger partial charge on any atom is -0.633 e. The predicted molar refractivity (Wildman–Crippen MR) is 73.0 cm³/mol. The van der Waals surface area contributed by atoms with Gasteiger partial charge in [0.25, 0.3) is 0 Å². The molecular formula is C13H28N2O3. The van der Waals surface area contributed by atoms with Crippen LogP contribution in [-0.2, 0) is 4.74 Å². The van der Waals surface area contributed by atoms with Gasteiger partial charge in [-0.3, -0.25) is 0 Å². The fraction of sp³-hybridized carbons (Fsp3) is 0.923. The highest BCUT2D eigenvalue weighted by Crippen LogP contribution is 2.25. The summed E-state index contributed by atoms with van der Waals surface area (Å²) in [6.45, 7) is 5.54. The van der Waals surface area contributed by atoms with Gasteiger partial charge in [-0.2, -0.15) is 0 Å². The van der Waals surface area contributed by atoms with E-state index < -0.39 is 5.60 Å². The monoisotopic (exact) mass is 260 g/mol. The third-order valence-electron chi connectivity index (χ3n) is 3.30. The fourth-order valence-corrected chi connectivity index (χ4v) is 2.32. The van der Waals surface area contributed by atoms with E-state index >= 15 is 0 Å². The average Bonchev–Trinajstić information content (AvgIpc) is 2.13. The molecule has 0 aliphatic heterocycles. The van der Waals surface area contributed by atoms with Crippen molar-refractivity contribution in [3.63, 3.8) is 0 Å². The van der Waals surface area contributed by atoms with E-state index in [2.05, 4.69) is 5.32 Å². The fourth-order valence-electron chi connectivity index (χ4n) is 2.32. The van der Waals surface area contributed by atoms with Crippen molar-refractivity contribution in [1.29, 1.82) is 0 Å². The molecule has 0 aromatic rings. The summed E-state index contributed by atoms with van der Waals surface area (Å²) in [6, 6.07) is 0.296. The molecule has 108 valence electrons. The maximum atomic E-state index is 11.8. The SMILES string of the molecule is CC(C)(C)OC(=O)NC1CCC([N+](C)(C)[O-])CC1.[HH]. The maximum Gasteiger partial charge on any atom is 0.407 e. The highest BCUT2D eigenvalue weighted by atomic mass is 16.6. The van der Waals surface area contributed by atoms with Crippen LogP contribution in [0, 0.1) is 5.21 Å². The van der Waals surface area contributed by atoms with E-state index in [4.69, 9.17) is 4.74 Å². The zero-order valence-electron chi connectivity index (χ0n) is 12.2. The molecule has 0 aromatic heterocycles. The number of carbonyl (C=O) groups excluding carboxylic acids is 1. The quantitative estimate of drug-likeness (QED) is 0.613. The summed E-state index contributed by atoms with van der Waals surface area (Å²) in [4.78, 5) is 11.6. The van der Waals surface area contributed by atoms with Crippen LogP contribution < -0.4 is 5.32 Å². The first kappa shape index (κ1) is 15.2. The first-order valence-electron chi connectivity index (χ1n) is 6.62. The minimum atomic E-state index is -0.463. The maximum absolute atomic E-state index is 11.8. The first-order chi connectivity index (χ1) is 8.08. The van der Waals surface area contributed by atoms with Gasteiger partial charge in [-0.05, 0) is 33.6 Å². The number of nitrogens with one attached hydrogen (secondary N) is 1. The Labute approximate surface area is 111 Å². The number of rotatable bonds is 2. The van der Waals surface area contributed by atoms with E-state index in [1.54, 1.807) is 14.1 Å². The Kier molecular flexibility index (Phi) is 4.61. The third kappa shape index (κ3) is 5.23. The molecule has 1 rings (SSSR count). The largest absolute Gasteiger partial charge is 0.633 e. The van der Waals surface area contributed by atoms with Crippen LogP contribution in [0.15, 0.2) is 0 Å². The second-order valence-electron chi connectivity index (χ2n) is 6.59. The van der Waals surface area contributed by atoms with E-state index in [0.29, 0.717) is 0 Å². The van der Waals surface area contributed by atoms with Gasteiger partial charge < -0.3 is 19.9 Å². The number of hydrogen-bond acceptors (Lipinski definition) is 3. The zero-order chi connectivity index (χ0) is 14.0. The highest BCUT2D eigenvalue weighted by Gasteiger charge is 2.29. The second kappa shape index (κ2) is 5.45. The van der Waals surface area contributed by atoms with E-state index in [1.807, 2.05) is 20.8 Å². The number of quaternary nitrogens is 1. The molecule has 5 heteroatoms. The second-order valence-corrected chi connectivity index (χ2v) is 6.59. The predicted octanol–water partition coefficient (Wildman–Crippen LogP) is 2.64. The number of nitrogens with zero attached hydrogens (tertiary/aromatic N) is 1. The summed E-state index contributed by atoms with van der Waals surface area (Å²) >= 11 is 0. The average molecular weight is 260 g/mol. The van der Waals surface area contributed by atoms with Crippen LogP contribution in [0.3, 0.4) is 0 Å². The van der Waals surface area contributed by atoms with Crippen LogP contribution in [0.25, 0.3) is 0 Å². The van der Waals surface area contributed by atoms with Crippen molar-refractivity contribution in [1.82, 2.24) is 5.32 Å². The Morgan fingerprint density at radius 3 is 2.17 bits per heavy atom. The molecule has 1 aliphatic carbocycles. The Morgan fingerprint density at radius 2 is 1.78 bits per heavy atom. The van der Waals surface area contributed by atoms with Crippen LogP contribution in [0.1, 0.15) is 47.9 Å². The van der Waals surface area contributed by atoms with Gasteiger partial charge in [0.15, 0.2) is 0 Å². The zero-order valence-corrected chi connectivity index (χ0v) is 12.2. The molecule has 0 unspecified atom stereocenters. The summed E-state index contributed by atoms with van der Waals surface area (Å²) < 4.78 is 4.98. The molecule has 1 amide bonds. The Hall–Kier alpha value is -0.810. The molecule has 1 saturated carbocycles. The first-order valence-corrected chi connectivity index (χ1v) is 6.62. The minimum absolute atomic E-state index is 0. The lowest BCUT2D eigenvalue weighted by molar-refractivity contribution is -0.868. The smallest absolute Gasteiger partial charge is 0.407 e. The van der Waals surface area contributed by atoms with Gasteiger partial charge in [0.2, 0.25) is 0 Å². The van der Waals surface area contributed by atoms with Crippen molar-refractivity contribution >= 4 is 6.09 Å². The molecule has 0 heterocycles.